The Labute approximate surface area is 90.5 Å². The van der Waals surface area contributed by atoms with E-state index >= 15 is 0 Å². The Hall–Kier alpha value is -0.530. The first-order valence-electron chi connectivity index (χ1n) is 5.22. The van der Waals surface area contributed by atoms with Crippen molar-refractivity contribution in [2.75, 3.05) is 7.05 Å². The molecule has 1 N–H and O–H groups in total. The van der Waals surface area contributed by atoms with Gasteiger partial charge in [0, 0.05) is 10.6 Å². The zero-order chi connectivity index (χ0) is 10.0. The lowest BCUT2D eigenvalue weighted by Gasteiger charge is -2.29. The SMILES string of the molecule is CNC1(c2cccc(Cl)c2)CCCC1. The van der Waals surface area contributed by atoms with Crippen LogP contribution in [0.2, 0.25) is 5.02 Å². The van der Waals surface area contributed by atoms with E-state index in [4.69, 9.17) is 11.6 Å². The van der Waals surface area contributed by atoms with Gasteiger partial charge in [0.1, 0.15) is 0 Å². The van der Waals surface area contributed by atoms with Crippen LogP contribution in [0, 0.1) is 0 Å². The molecule has 2 heteroatoms. The van der Waals surface area contributed by atoms with E-state index in [9.17, 15) is 0 Å². The third-order valence-electron chi connectivity index (χ3n) is 3.31. The number of nitrogens with one attached hydrogen (secondary N) is 1. The van der Waals surface area contributed by atoms with E-state index in [1.54, 1.807) is 0 Å². The van der Waals surface area contributed by atoms with E-state index in [0.717, 1.165) is 5.02 Å². The summed E-state index contributed by atoms with van der Waals surface area (Å²) in [5.41, 5.74) is 1.52. The lowest BCUT2D eigenvalue weighted by molar-refractivity contribution is 0.372. The highest BCUT2D eigenvalue weighted by Crippen LogP contribution is 2.38. The molecule has 1 aliphatic carbocycles. The lowest BCUT2D eigenvalue weighted by Crippen LogP contribution is -2.36. The van der Waals surface area contributed by atoms with E-state index in [2.05, 4.69) is 17.4 Å². The van der Waals surface area contributed by atoms with E-state index in [-0.39, 0.29) is 5.54 Å². The Kier molecular flexibility index (Phi) is 2.80. The van der Waals surface area contributed by atoms with Gasteiger partial charge in [-0.15, -0.1) is 0 Å². The van der Waals surface area contributed by atoms with Gasteiger partial charge in [0.05, 0.1) is 0 Å². The van der Waals surface area contributed by atoms with Crippen LogP contribution in [0.5, 0.6) is 0 Å². The summed E-state index contributed by atoms with van der Waals surface area (Å²) >= 11 is 6.01. The smallest absolute Gasteiger partial charge is 0.0432 e. The number of benzene rings is 1. The zero-order valence-corrected chi connectivity index (χ0v) is 9.27. The maximum absolute atomic E-state index is 6.01. The first-order chi connectivity index (χ1) is 6.77. The predicted octanol–water partition coefficient (Wildman–Crippen LogP) is 3.33. The van der Waals surface area contributed by atoms with Crippen LogP contribution >= 0.6 is 11.6 Å². The van der Waals surface area contributed by atoms with Crippen molar-refractivity contribution in [3.8, 4) is 0 Å². The largest absolute Gasteiger partial charge is 0.310 e. The molecule has 0 aromatic heterocycles. The second kappa shape index (κ2) is 3.92. The maximum atomic E-state index is 6.01. The van der Waals surface area contributed by atoms with Crippen LogP contribution in [0.15, 0.2) is 24.3 Å². The van der Waals surface area contributed by atoms with Gasteiger partial charge in [-0.3, -0.25) is 0 Å². The average molecular weight is 210 g/mol. The second-order valence-electron chi connectivity index (χ2n) is 4.05. The molecular formula is C12H16ClN. The van der Waals surface area contributed by atoms with E-state index in [1.165, 1.54) is 31.2 Å². The van der Waals surface area contributed by atoms with Gasteiger partial charge in [-0.25, -0.2) is 0 Å². The van der Waals surface area contributed by atoms with Gasteiger partial charge < -0.3 is 5.32 Å². The summed E-state index contributed by atoms with van der Waals surface area (Å²) in [6, 6.07) is 8.23. The fourth-order valence-corrected chi connectivity index (χ4v) is 2.64. The van der Waals surface area contributed by atoms with Gasteiger partial charge in [-0.2, -0.15) is 0 Å². The van der Waals surface area contributed by atoms with Gasteiger partial charge in [0.2, 0.25) is 0 Å². The van der Waals surface area contributed by atoms with Crippen LogP contribution in [0.3, 0.4) is 0 Å². The van der Waals surface area contributed by atoms with E-state index < -0.39 is 0 Å². The Morgan fingerprint density at radius 1 is 1.29 bits per heavy atom. The normalized spacial score (nSPS) is 19.9. The van der Waals surface area contributed by atoms with Crippen LogP contribution in [0.4, 0.5) is 0 Å². The molecule has 1 aromatic carbocycles. The molecule has 0 spiro atoms. The fourth-order valence-electron chi connectivity index (χ4n) is 2.45. The van der Waals surface area contributed by atoms with Crippen molar-refractivity contribution in [3.05, 3.63) is 34.9 Å². The molecule has 14 heavy (non-hydrogen) atoms. The number of halogens is 1. The zero-order valence-electron chi connectivity index (χ0n) is 8.52. The van der Waals surface area contributed by atoms with Crippen molar-refractivity contribution in [2.45, 2.75) is 31.2 Å². The van der Waals surface area contributed by atoms with E-state index in [1.807, 2.05) is 19.2 Å². The molecular weight excluding hydrogens is 194 g/mol. The van der Waals surface area contributed by atoms with Crippen molar-refractivity contribution in [1.82, 2.24) is 5.32 Å². The van der Waals surface area contributed by atoms with Gasteiger partial charge in [0.25, 0.3) is 0 Å². The molecule has 0 heterocycles. The molecule has 0 saturated heterocycles. The summed E-state index contributed by atoms with van der Waals surface area (Å²) in [5.74, 6) is 0. The van der Waals surface area contributed by atoms with Gasteiger partial charge in [-0.1, -0.05) is 36.6 Å². The summed E-state index contributed by atoms with van der Waals surface area (Å²) in [6.45, 7) is 0. The Morgan fingerprint density at radius 2 is 2.00 bits per heavy atom. The lowest BCUT2D eigenvalue weighted by atomic mass is 9.88. The Balaban J connectivity index is 2.35. The number of hydrogen-bond acceptors (Lipinski definition) is 1. The predicted molar refractivity (Wildman–Crippen MR) is 60.7 cm³/mol. The van der Waals surface area contributed by atoms with Crippen molar-refractivity contribution in [2.24, 2.45) is 0 Å². The number of rotatable bonds is 2. The van der Waals surface area contributed by atoms with Gasteiger partial charge in [-0.05, 0) is 37.6 Å². The molecule has 1 nitrogen and oxygen atoms in total. The maximum Gasteiger partial charge on any atom is 0.0432 e. The molecule has 0 atom stereocenters. The Bertz CT molecular complexity index is 316. The molecule has 76 valence electrons. The van der Waals surface area contributed by atoms with Crippen LogP contribution in [0.1, 0.15) is 31.2 Å². The third-order valence-corrected chi connectivity index (χ3v) is 3.55. The highest BCUT2D eigenvalue weighted by molar-refractivity contribution is 6.30. The van der Waals surface area contributed by atoms with Crippen molar-refractivity contribution in [3.63, 3.8) is 0 Å². The fraction of sp³-hybridized carbons (Fsp3) is 0.500. The van der Waals surface area contributed by atoms with Crippen LogP contribution in [-0.4, -0.2) is 7.05 Å². The number of hydrogen-bond donors (Lipinski definition) is 1. The highest BCUT2D eigenvalue weighted by Gasteiger charge is 2.33. The second-order valence-corrected chi connectivity index (χ2v) is 4.49. The molecule has 0 radical (unpaired) electrons. The molecule has 1 saturated carbocycles. The monoisotopic (exact) mass is 209 g/mol. The van der Waals surface area contributed by atoms with Crippen LogP contribution < -0.4 is 5.32 Å². The summed E-state index contributed by atoms with van der Waals surface area (Å²) in [4.78, 5) is 0. The molecule has 0 aliphatic heterocycles. The van der Waals surface area contributed by atoms with Gasteiger partial charge >= 0.3 is 0 Å². The minimum atomic E-state index is 0.185. The Morgan fingerprint density at radius 3 is 2.57 bits per heavy atom. The minimum absolute atomic E-state index is 0.185. The average Bonchev–Trinajstić information content (AvgIpc) is 2.67. The topological polar surface area (TPSA) is 12.0 Å². The summed E-state index contributed by atoms with van der Waals surface area (Å²) in [6.07, 6.45) is 5.08. The van der Waals surface area contributed by atoms with Crippen molar-refractivity contribution < 1.29 is 0 Å². The molecule has 2 rings (SSSR count). The molecule has 0 amide bonds. The van der Waals surface area contributed by atoms with Crippen LogP contribution in [0.25, 0.3) is 0 Å². The standard InChI is InChI=1S/C12H16ClN/c1-14-12(7-2-3-8-12)10-5-4-6-11(13)9-10/h4-6,9,14H,2-3,7-8H2,1H3. The molecule has 1 aromatic rings. The first kappa shape index (κ1) is 10.0. The van der Waals surface area contributed by atoms with Crippen molar-refractivity contribution in [1.29, 1.82) is 0 Å². The molecule has 0 bridgehead atoms. The minimum Gasteiger partial charge on any atom is -0.310 e. The molecule has 1 fully saturated rings. The quantitative estimate of drug-likeness (QED) is 0.788. The molecule has 0 unspecified atom stereocenters. The summed E-state index contributed by atoms with van der Waals surface area (Å²) in [7, 11) is 2.05. The summed E-state index contributed by atoms with van der Waals surface area (Å²) < 4.78 is 0. The third kappa shape index (κ3) is 1.67. The van der Waals surface area contributed by atoms with E-state index in [0.29, 0.717) is 0 Å². The van der Waals surface area contributed by atoms with Crippen LogP contribution in [-0.2, 0) is 5.54 Å². The summed E-state index contributed by atoms with van der Waals surface area (Å²) in [5, 5.41) is 4.30. The first-order valence-corrected chi connectivity index (χ1v) is 5.60. The van der Waals surface area contributed by atoms with Crippen molar-refractivity contribution >= 4 is 11.6 Å². The van der Waals surface area contributed by atoms with Gasteiger partial charge in [0.15, 0.2) is 0 Å². The highest BCUT2D eigenvalue weighted by atomic mass is 35.5. The molecule has 1 aliphatic rings.